The molecule has 2 atom stereocenters. The van der Waals surface area contributed by atoms with Crippen molar-refractivity contribution in [3.63, 3.8) is 0 Å². The van der Waals surface area contributed by atoms with Crippen LogP contribution in [0.4, 0.5) is 10.5 Å². The summed E-state index contributed by atoms with van der Waals surface area (Å²) in [6.07, 6.45) is 7.74. The summed E-state index contributed by atoms with van der Waals surface area (Å²) in [6.45, 7) is 2.21. The van der Waals surface area contributed by atoms with Gasteiger partial charge in [0.25, 0.3) is 0 Å². The van der Waals surface area contributed by atoms with Gasteiger partial charge in [-0.2, -0.15) is 5.10 Å². The minimum absolute atomic E-state index is 0.00293. The van der Waals surface area contributed by atoms with Gasteiger partial charge in [-0.1, -0.05) is 6.42 Å². The molecule has 0 aromatic carbocycles. The van der Waals surface area contributed by atoms with Gasteiger partial charge in [0.05, 0.1) is 11.9 Å². The Morgan fingerprint density at radius 2 is 2.18 bits per heavy atom. The van der Waals surface area contributed by atoms with Crippen LogP contribution in [0.15, 0.2) is 12.4 Å². The molecule has 120 valence electrons. The van der Waals surface area contributed by atoms with Crippen LogP contribution < -0.4 is 16.4 Å². The zero-order valence-electron chi connectivity index (χ0n) is 12.5. The summed E-state index contributed by atoms with van der Waals surface area (Å²) < 4.78 is 1.40. The smallest absolute Gasteiger partial charge is 0.319 e. The number of piperidine rings is 1. The lowest BCUT2D eigenvalue weighted by molar-refractivity contribution is -0.118. The fourth-order valence-electron chi connectivity index (χ4n) is 3.43. The standard InChI is InChI=1S/C14H22N6O2/c15-13(21)9-20-8-10(7-16-20)17-14(22)18-11-4-6-19-5-2-1-3-12(11)19/h7-8,11-12H,1-6,9H2,(H2,15,21)(H2,17,18,22)/t11-,12+/m1/s1. The van der Waals surface area contributed by atoms with Gasteiger partial charge in [0.2, 0.25) is 5.91 Å². The Hall–Kier alpha value is -2.09. The van der Waals surface area contributed by atoms with Crippen LogP contribution in [-0.2, 0) is 11.3 Å². The van der Waals surface area contributed by atoms with E-state index in [0.29, 0.717) is 11.7 Å². The summed E-state index contributed by atoms with van der Waals surface area (Å²) in [7, 11) is 0. The van der Waals surface area contributed by atoms with Gasteiger partial charge in [-0.3, -0.25) is 14.4 Å². The molecule has 2 saturated heterocycles. The predicted octanol–water partition coefficient (Wildman–Crippen LogP) is 0.117. The van der Waals surface area contributed by atoms with Crippen LogP contribution in [0, 0.1) is 0 Å². The fourth-order valence-corrected chi connectivity index (χ4v) is 3.43. The quantitative estimate of drug-likeness (QED) is 0.734. The van der Waals surface area contributed by atoms with Gasteiger partial charge in [-0.25, -0.2) is 4.79 Å². The third kappa shape index (κ3) is 3.38. The van der Waals surface area contributed by atoms with Crippen molar-refractivity contribution < 1.29 is 9.59 Å². The number of amides is 3. The second-order valence-electron chi connectivity index (χ2n) is 5.99. The van der Waals surface area contributed by atoms with Crippen LogP contribution in [0.1, 0.15) is 25.7 Å². The zero-order chi connectivity index (χ0) is 15.5. The summed E-state index contributed by atoms with van der Waals surface area (Å²) in [5, 5.41) is 9.78. The van der Waals surface area contributed by atoms with E-state index in [2.05, 4.69) is 20.6 Å². The Morgan fingerprint density at radius 3 is 3.00 bits per heavy atom. The number of carbonyl (C=O) groups excluding carboxylic acids is 2. The fraction of sp³-hybridized carbons (Fsp3) is 0.643. The molecular formula is C14H22N6O2. The molecule has 4 N–H and O–H groups in total. The first-order valence-electron chi connectivity index (χ1n) is 7.74. The van der Waals surface area contributed by atoms with Crippen molar-refractivity contribution >= 4 is 17.6 Å². The summed E-state index contributed by atoms with van der Waals surface area (Å²) in [5.74, 6) is -0.470. The number of anilines is 1. The molecule has 2 aliphatic heterocycles. The SMILES string of the molecule is NC(=O)Cn1cc(NC(=O)N[C@@H]2CCN3CCCC[C@@H]23)cn1. The molecular weight excluding hydrogens is 284 g/mol. The van der Waals surface area contributed by atoms with Crippen LogP contribution >= 0.6 is 0 Å². The summed E-state index contributed by atoms with van der Waals surface area (Å²) in [5.41, 5.74) is 5.66. The number of aromatic nitrogens is 2. The van der Waals surface area contributed by atoms with E-state index in [-0.39, 0.29) is 18.6 Å². The summed E-state index contributed by atoms with van der Waals surface area (Å²) in [6, 6.07) is 0.453. The van der Waals surface area contributed by atoms with Crippen LogP contribution in [0.3, 0.4) is 0 Å². The first-order valence-corrected chi connectivity index (χ1v) is 7.74. The number of nitrogens with zero attached hydrogens (tertiary/aromatic N) is 3. The molecule has 0 aliphatic carbocycles. The van der Waals surface area contributed by atoms with Gasteiger partial charge >= 0.3 is 6.03 Å². The molecule has 2 aliphatic rings. The Bertz CT molecular complexity index is 557. The highest BCUT2D eigenvalue weighted by atomic mass is 16.2. The van der Waals surface area contributed by atoms with Crippen LogP contribution in [0.25, 0.3) is 0 Å². The molecule has 0 radical (unpaired) electrons. The molecule has 2 fully saturated rings. The number of carbonyl (C=O) groups is 2. The zero-order valence-corrected chi connectivity index (χ0v) is 12.5. The molecule has 22 heavy (non-hydrogen) atoms. The highest BCUT2D eigenvalue weighted by molar-refractivity contribution is 5.89. The number of hydrogen-bond donors (Lipinski definition) is 3. The Kier molecular flexibility index (Phi) is 4.28. The molecule has 0 unspecified atom stereocenters. The van der Waals surface area contributed by atoms with E-state index in [4.69, 9.17) is 5.73 Å². The van der Waals surface area contributed by atoms with Crippen LogP contribution in [-0.4, -0.2) is 51.8 Å². The highest BCUT2D eigenvalue weighted by Gasteiger charge is 2.36. The minimum Gasteiger partial charge on any atom is -0.368 e. The first kappa shape index (κ1) is 14.8. The molecule has 0 bridgehead atoms. The van der Waals surface area contributed by atoms with E-state index in [1.807, 2.05) is 0 Å². The molecule has 3 heterocycles. The Morgan fingerprint density at radius 1 is 1.32 bits per heavy atom. The Balaban J connectivity index is 1.52. The van der Waals surface area contributed by atoms with Crippen molar-refractivity contribution in [2.75, 3.05) is 18.4 Å². The third-order valence-electron chi connectivity index (χ3n) is 4.38. The predicted molar refractivity (Wildman–Crippen MR) is 81.2 cm³/mol. The number of hydrogen-bond acceptors (Lipinski definition) is 4. The normalized spacial score (nSPS) is 24.7. The topological polar surface area (TPSA) is 105 Å². The second kappa shape index (κ2) is 6.35. The number of urea groups is 1. The van der Waals surface area contributed by atoms with Crippen LogP contribution in [0.2, 0.25) is 0 Å². The van der Waals surface area contributed by atoms with Gasteiger partial charge in [0, 0.05) is 24.8 Å². The van der Waals surface area contributed by atoms with Gasteiger partial charge in [0.15, 0.2) is 0 Å². The lowest BCUT2D eigenvalue weighted by atomic mass is 9.99. The minimum atomic E-state index is -0.470. The van der Waals surface area contributed by atoms with Crippen molar-refractivity contribution in [2.45, 2.75) is 44.3 Å². The number of primary amides is 1. The monoisotopic (exact) mass is 306 g/mol. The van der Waals surface area contributed by atoms with Crippen molar-refractivity contribution in [2.24, 2.45) is 5.73 Å². The molecule has 8 nitrogen and oxygen atoms in total. The Labute approximate surface area is 129 Å². The lowest BCUT2D eigenvalue weighted by Crippen LogP contribution is -2.47. The van der Waals surface area contributed by atoms with Crippen molar-refractivity contribution in [3.05, 3.63) is 12.4 Å². The van der Waals surface area contributed by atoms with Crippen molar-refractivity contribution in [1.29, 1.82) is 0 Å². The van der Waals surface area contributed by atoms with Gasteiger partial charge in [-0.05, 0) is 25.8 Å². The molecule has 0 saturated carbocycles. The molecule has 3 rings (SSSR count). The third-order valence-corrected chi connectivity index (χ3v) is 4.38. The van der Waals surface area contributed by atoms with E-state index in [1.54, 1.807) is 6.20 Å². The number of rotatable bonds is 4. The lowest BCUT2D eigenvalue weighted by Gasteiger charge is -2.32. The van der Waals surface area contributed by atoms with E-state index in [9.17, 15) is 9.59 Å². The summed E-state index contributed by atoms with van der Waals surface area (Å²) in [4.78, 5) is 25.4. The van der Waals surface area contributed by atoms with E-state index in [1.165, 1.54) is 23.7 Å². The van der Waals surface area contributed by atoms with Gasteiger partial charge in [0.1, 0.15) is 6.54 Å². The molecule has 0 spiro atoms. The maximum Gasteiger partial charge on any atom is 0.319 e. The molecule has 1 aromatic heterocycles. The van der Waals surface area contributed by atoms with E-state index in [0.717, 1.165) is 25.9 Å². The highest BCUT2D eigenvalue weighted by Crippen LogP contribution is 2.27. The maximum atomic E-state index is 12.1. The average molecular weight is 306 g/mol. The number of nitrogens with two attached hydrogens (primary N) is 1. The van der Waals surface area contributed by atoms with Crippen molar-refractivity contribution in [1.82, 2.24) is 20.0 Å². The van der Waals surface area contributed by atoms with E-state index < -0.39 is 5.91 Å². The average Bonchev–Trinajstić information content (AvgIpc) is 3.06. The number of fused-ring (bicyclic) bond motifs is 1. The molecule has 8 heteroatoms. The number of nitrogens with one attached hydrogen (secondary N) is 2. The van der Waals surface area contributed by atoms with Gasteiger partial charge < -0.3 is 16.4 Å². The maximum absolute atomic E-state index is 12.1. The van der Waals surface area contributed by atoms with Crippen LogP contribution in [0.5, 0.6) is 0 Å². The largest absolute Gasteiger partial charge is 0.368 e. The summed E-state index contributed by atoms with van der Waals surface area (Å²) >= 11 is 0. The molecule has 3 amide bonds. The first-order chi connectivity index (χ1) is 10.6. The van der Waals surface area contributed by atoms with Gasteiger partial charge in [-0.15, -0.1) is 0 Å². The van der Waals surface area contributed by atoms with E-state index >= 15 is 0 Å². The second-order valence-corrected chi connectivity index (χ2v) is 5.99. The molecule has 1 aromatic rings. The van der Waals surface area contributed by atoms with Crippen molar-refractivity contribution in [3.8, 4) is 0 Å².